The molecule has 1 aliphatic carbocycles. The molecule has 4 unspecified atom stereocenters. The molecule has 2 nitrogen and oxygen atoms in total. The zero-order valence-electron chi connectivity index (χ0n) is 8.46. The first-order valence-corrected chi connectivity index (χ1v) is 5.03. The molecular weight excluding hydrogens is 148 g/mol. The van der Waals surface area contributed by atoms with E-state index < -0.39 is 0 Å². The third kappa shape index (κ3) is 1.99. The number of nitrogens with two attached hydrogens (primary N) is 2. The van der Waals surface area contributed by atoms with E-state index in [9.17, 15) is 0 Å². The molecule has 1 fully saturated rings. The Balaban J connectivity index is 2.55. The highest BCUT2D eigenvalue weighted by Crippen LogP contribution is 2.31. The Morgan fingerprint density at radius 2 is 1.67 bits per heavy atom. The highest BCUT2D eigenvalue weighted by Gasteiger charge is 2.32. The molecule has 4 atom stereocenters. The fourth-order valence-corrected chi connectivity index (χ4v) is 2.27. The van der Waals surface area contributed by atoms with Gasteiger partial charge in [-0.25, -0.2) is 0 Å². The van der Waals surface area contributed by atoms with Crippen LogP contribution in [0.5, 0.6) is 0 Å². The van der Waals surface area contributed by atoms with E-state index in [-0.39, 0.29) is 0 Å². The summed E-state index contributed by atoms with van der Waals surface area (Å²) in [5.74, 6) is 1.92. The molecule has 1 aliphatic rings. The van der Waals surface area contributed by atoms with Gasteiger partial charge in [-0.2, -0.15) is 0 Å². The Morgan fingerprint density at radius 3 is 2.17 bits per heavy atom. The first-order chi connectivity index (χ1) is 5.52. The van der Waals surface area contributed by atoms with Crippen molar-refractivity contribution in [2.45, 2.75) is 45.7 Å². The summed E-state index contributed by atoms with van der Waals surface area (Å²) in [5, 5.41) is 0. The van der Waals surface area contributed by atoms with Gasteiger partial charge in [-0.1, -0.05) is 20.8 Å². The van der Waals surface area contributed by atoms with Crippen LogP contribution >= 0.6 is 0 Å². The van der Waals surface area contributed by atoms with Crippen LogP contribution in [0.2, 0.25) is 0 Å². The molecular formula is C10H22N2. The highest BCUT2D eigenvalue weighted by molar-refractivity contribution is 4.89. The molecule has 0 heterocycles. The minimum absolute atomic E-state index is 0.372. The van der Waals surface area contributed by atoms with Crippen molar-refractivity contribution in [3.05, 3.63) is 0 Å². The number of hydrogen-bond acceptors (Lipinski definition) is 2. The molecule has 1 rings (SSSR count). The van der Waals surface area contributed by atoms with Crippen molar-refractivity contribution in [1.29, 1.82) is 0 Å². The molecule has 4 N–H and O–H groups in total. The van der Waals surface area contributed by atoms with Gasteiger partial charge in [0.15, 0.2) is 0 Å². The first kappa shape index (κ1) is 10.0. The predicted octanol–water partition coefficient (Wildman–Crippen LogP) is 1.34. The zero-order chi connectivity index (χ0) is 9.30. The fourth-order valence-electron chi connectivity index (χ4n) is 2.27. The second-order valence-corrected chi connectivity index (χ2v) is 4.68. The molecule has 1 saturated carbocycles. The summed E-state index contributed by atoms with van der Waals surface area (Å²) in [5.41, 5.74) is 12.1. The molecule has 2 heteroatoms. The summed E-state index contributed by atoms with van der Waals surface area (Å²) < 4.78 is 0. The molecule has 0 aromatic rings. The van der Waals surface area contributed by atoms with Crippen LogP contribution in [0.15, 0.2) is 0 Å². The molecule has 0 aromatic carbocycles. The van der Waals surface area contributed by atoms with E-state index >= 15 is 0 Å². The van der Waals surface area contributed by atoms with Crippen LogP contribution < -0.4 is 11.5 Å². The second kappa shape index (κ2) is 3.75. The summed E-state index contributed by atoms with van der Waals surface area (Å²) >= 11 is 0. The van der Waals surface area contributed by atoms with Crippen LogP contribution in [0.4, 0.5) is 0 Å². The van der Waals surface area contributed by atoms with Crippen LogP contribution in [0.25, 0.3) is 0 Å². The van der Waals surface area contributed by atoms with Crippen molar-refractivity contribution >= 4 is 0 Å². The third-order valence-electron chi connectivity index (χ3n) is 3.33. The van der Waals surface area contributed by atoms with Gasteiger partial charge in [0, 0.05) is 12.1 Å². The molecule has 72 valence electrons. The Hall–Kier alpha value is -0.0800. The lowest BCUT2D eigenvalue weighted by Crippen LogP contribution is -2.47. The minimum atomic E-state index is 0.372. The van der Waals surface area contributed by atoms with Crippen LogP contribution in [0.1, 0.15) is 33.6 Å². The Bertz CT molecular complexity index is 145. The van der Waals surface area contributed by atoms with Crippen molar-refractivity contribution in [1.82, 2.24) is 0 Å². The Morgan fingerprint density at radius 1 is 1.08 bits per heavy atom. The van der Waals surface area contributed by atoms with E-state index in [1.165, 1.54) is 0 Å². The summed E-state index contributed by atoms with van der Waals surface area (Å²) in [6, 6.07) is 0.747. The SMILES string of the molecule is CC(C)C1CC(N)C(C)CC1N. The maximum absolute atomic E-state index is 6.08. The van der Waals surface area contributed by atoms with E-state index in [1.807, 2.05) is 0 Å². The van der Waals surface area contributed by atoms with Gasteiger partial charge in [-0.05, 0) is 30.6 Å². The zero-order valence-corrected chi connectivity index (χ0v) is 8.46. The normalized spacial score (nSPS) is 43.5. The predicted molar refractivity (Wildman–Crippen MR) is 52.7 cm³/mol. The molecule has 0 spiro atoms. The molecule has 0 amide bonds. The van der Waals surface area contributed by atoms with Crippen molar-refractivity contribution in [3.8, 4) is 0 Å². The smallest absolute Gasteiger partial charge is 0.00733 e. The van der Waals surface area contributed by atoms with Crippen molar-refractivity contribution in [2.24, 2.45) is 29.2 Å². The highest BCUT2D eigenvalue weighted by atomic mass is 14.7. The topological polar surface area (TPSA) is 52.0 Å². The largest absolute Gasteiger partial charge is 0.327 e. The van der Waals surface area contributed by atoms with Gasteiger partial charge >= 0.3 is 0 Å². The van der Waals surface area contributed by atoms with Crippen LogP contribution in [0, 0.1) is 17.8 Å². The quantitative estimate of drug-likeness (QED) is 0.624. The maximum Gasteiger partial charge on any atom is 0.00733 e. The van der Waals surface area contributed by atoms with E-state index in [0.717, 1.165) is 12.8 Å². The Kier molecular flexibility index (Phi) is 3.13. The second-order valence-electron chi connectivity index (χ2n) is 4.68. The average molecular weight is 170 g/mol. The minimum Gasteiger partial charge on any atom is -0.327 e. The summed E-state index contributed by atoms with van der Waals surface area (Å²) in [6.45, 7) is 6.70. The molecule has 0 aromatic heterocycles. The van der Waals surface area contributed by atoms with Crippen LogP contribution in [-0.4, -0.2) is 12.1 Å². The van der Waals surface area contributed by atoms with Crippen LogP contribution in [-0.2, 0) is 0 Å². The van der Waals surface area contributed by atoms with Gasteiger partial charge in [-0.3, -0.25) is 0 Å². The Labute approximate surface area is 75.7 Å². The van der Waals surface area contributed by atoms with E-state index in [0.29, 0.717) is 29.8 Å². The lowest BCUT2D eigenvalue weighted by molar-refractivity contribution is 0.175. The first-order valence-electron chi connectivity index (χ1n) is 5.03. The summed E-state index contributed by atoms with van der Waals surface area (Å²) in [7, 11) is 0. The standard InChI is InChI=1S/C10H22N2/c1-6(2)8-5-9(11)7(3)4-10(8)12/h6-10H,4-5,11-12H2,1-3H3. The fraction of sp³-hybridized carbons (Fsp3) is 1.00. The monoisotopic (exact) mass is 170 g/mol. The van der Waals surface area contributed by atoms with Gasteiger partial charge in [0.2, 0.25) is 0 Å². The van der Waals surface area contributed by atoms with E-state index in [1.54, 1.807) is 0 Å². The summed E-state index contributed by atoms with van der Waals surface area (Å²) in [4.78, 5) is 0. The average Bonchev–Trinajstić information content (AvgIpc) is 1.96. The lowest BCUT2D eigenvalue weighted by atomic mass is 9.72. The molecule has 0 saturated heterocycles. The number of hydrogen-bond donors (Lipinski definition) is 2. The third-order valence-corrected chi connectivity index (χ3v) is 3.33. The lowest BCUT2D eigenvalue weighted by Gasteiger charge is -2.38. The van der Waals surface area contributed by atoms with Gasteiger partial charge < -0.3 is 11.5 Å². The van der Waals surface area contributed by atoms with Crippen LogP contribution in [0.3, 0.4) is 0 Å². The maximum atomic E-state index is 6.08. The van der Waals surface area contributed by atoms with Crippen molar-refractivity contribution < 1.29 is 0 Å². The molecule has 0 aliphatic heterocycles. The van der Waals surface area contributed by atoms with Gasteiger partial charge in [0.25, 0.3) is 0 Å². The van der Waals surface area contributed by atoms with Gasteiger partial charge in [0.1, 0.15) is 0 Å². The molecule has 0 radical (unpaired) electrons. The summed E-state index contributed by atoms with van der Waals surface area (Å²) in [6.07, 6.45) is 2.21. The van der Waals surface area contributed by atoms with E-state index in [4.69, 9.17) is 11.5 Å². The van der Waals surface area contributed by atoms with Crippen molar-refractivity contribution in [2.75, 3.05) is 0 Å². The van der Waals surface area contributed by atoms with Gasteiger partial charge in [-0.15, -0.1) is 0 Å². The molecule has 12 heavy (non-hydrogen) atoms. The van der Waals surface area contributed by atoms with E-state index in [2.05, 4.69) is 20.8 Å². The van der Waals surface area contributed by atoms with Crippen molar-refractivity contribution in [3.63, 3.8) is 0 Å². The molecule has 0 bridgehead atoms. The number of rotatable bonds is 1. The van der Waals surface area contributed by atoms with Gasteiger partial charge in [0.05, 0.1) is 0 Å².